The van der Waals surface area contributed by atoms with Crippen LogP contribution in [-0.2, 0) is 14.3 Å². The number of halogens is 5. The molecule has 1 aliphatic heterocycles. The highest BCUT2D eigenvalue weighted by atomic mass is 19.2. The van der Waals surface area contributed by atoms with E-state index in [4.69, 9.17) is 4.74 Å². The number of carbonyl (C=O) groups is 2. The van der Waals surface area contributed by atoms with Gasteiger partial charge >= 0.3 is 5.97 Å². The summed E-state index contributed by atoms with van der Waals surface area (Å²) in [4.78, 5) is 25.0. The molecule has 1 heterocycles. The van der Waals surface area contributed by atoms with E-state index in [-0.39, 0.29) is 25.5 Å². The monoisotopic (exact) mass is 396 g/mol. The molecule has 150 valence electrons. The number of esters is 1. The molecule has 27 heavy (non-hydrogen) atoms. The first-order chi connectivity index (χ1) is 12.8. The summed E-state index contributed by atoms with van der Waals surface area (Å²) in [5, 5.41) is 3.10. The molecular formula is C16H17F5N2O4. The Bertz CT molecular complexity index is 682. The molecule has 0 saturated carbocycles. The minimum Gasteiger partial charge on any atom is -0.420 e. The number of hydrogen-bond donors (Lipinski definition) is 1. The fraction of sp³-hybridized carbons (Fsp3) is 0.500. The average molecular weight is 396 g/mol. The van der Waals surface area contributed by atoms with E-state index in [1.807, 2.05) is 0 Å². The quantitative estimate of drug-likeness (QED) is 0.189. The van der Waals surface area contributed by atoms with Crippen LogP contribution in [0.2, 0.25) is 0 Å². The van der Waals surface area contributed by atoms with E-state index in [9.17, 15) is 31.5 Å². The number of nitrogens with one attached hydrogen (secondary N) is 1. The summed E-state index contributed by atoms with van der Waals surface area (Å²) < 4.78 is 75.0. The van der Waals surface area contributed by atoms with Gasteiger partial charge in [0.1, 0.15) is 0 Å². The Labute approximate surface area is 151 Å². The number of benzene rings is 1. The number of carbonyl (C=O) groups excluding carboxylic acids is 2. The maximum atomic E-state index is 13.4. The lowest BCUT2D eigenvalue weighted by Gasteiger charge is -2.27. The molecule has 0 unspecified atom stereocenters. The van der Waals surface area contributed by atoms with E-state index in [1.54, 1.807) is 4.90 Å². The Kier molecular flexibility index (Phi) is 7.48. The van der Waals surface area contributed by atoms with Crippen LogP contribution in [-0.4, -0.2) is 56.2 Å². The first-order valence-corrected chi connectivity index (χ1v) is 8.11. The van der Waals surface area contributed by atoms with Gasteiger partial charge in [-0.1, -0.05) is 0 Å². The van der Waals surface area contributed by atoms with Gasteiger partial charge in [-0.15, -0.1) is 0 Å². The predicted molar refractivity (Wildman–Crippen MR) is 81.4 cm³/mol. The zero-order valence-corrected chi connectivity index (χ0v) is 14.1. The highest BCUT2D eigenvalue weighted by Crippen LogP contribution is 2.29. The summed E-state index contributed by atoms with van der Waals surface area (Å²) in [6.07, 6.45) is -0.409. The molecule has 0 spiro atoms. The van der Waals surface area contributed by atoms with Crippen LogP contribution in [0.5, 0.6) is 5.75 Å². The predicted octanol–water partition coefficient (Wildman–Crippen LogP) is 1.52. The number of piperazine rings is 1. The van der Waals surface area contributed by atoms with Gasteiger partial charge in [-0.3, -0.25) is 9.59 Å². The first kappa shape index (κ1) is 21.0. The third-order valence-electron chi connectivity index (χ3n) is 3.77. The fourth-order valence-electron chi connectivity index (χ4n) is 2.33. The normalized spacial score (nSPS) is 14.3. The number of rotatable bonds is 7. The van der Waals surface area contributed by atoms with Crippen molar-refractivity contribution >= 4 is 11.9 Å². The molecule has 1 aromatic rings. The van der Waals surface area contributed by atoms with Gasteiger partial charge in [-0.25, -0.2) is 13.2 Å². The van der Waals surface area contributed by atoms with E-state index in [0.717, 1.165) is 0 Å². The largest absolute Gasteiger partial charge is 0.420 e. The molecule has 0 bridgehead atoms. The van der Waals surface area contributed by atoms with Gasteiger partial charge in [0.2, 0.25) is 40.7 Å². The molecule has 0 aromatic heterocycles. The van der Waals surface area contributed by atoms with Crippen molar-refractivity contribution in [3.05, 3.63) is 29.1 Å². The number of nitrogens with zero attached hydrogens (tertiary/aromatic N) is 1. The third kappa shape index (κ3) is 5.36. The molecule has 1 saturated heterocycles. The smallest absolute Gasteiger partial charge is 0.313 e. The van der Waals surface area contributed by atoms with Crippen molar-refractivity contribution < 1.29 is 41.0 Å². The second kappa shape index (κ2) is 9.60. The van der Waals surface area contributed by atoms with Crippen molar-refractivity contribution in [2.45, 2.75) is 12.8 Å². The Morgan fingerprint density at radius 3 is 1.96 bits per heavy atom. The third-order valence-corrected chi connectivity index (χ3v) is 3.77. The van der Waals surface area contributed by atoms with Crippen LogP contribution in [0.15, 0.2) is 0 Å². The van der Waals surface area contributed by atoms with Gasteiger partial charge in [-0.2, -0.15) is 8.78 Å². The highest BCUT2D eigenvalue weighted by Gasteiger charge is 2.28. The van der Waals surface area contributed by atoms with Gasteiger partial charge < -0.3 is 19.7 Å². The van der Waals surface area contributed by atoms with Crippen LogP contribution in [0.1, 0.15) is 12.8 Å². The summed E-state index contributed by atoms with van der Waals surface area (Å²) in [5.41, 5.74) is 0. The van der Waals surface area contributed by atoms with Gasteiger partial charge in [0, 0.05) is 26.2 Å². The molecule has 0 atom stereocenters. The van der Waals surface area contributed by atoms with E-state index in [2.05, 4.69) is 10.1 Å². The summed E-state index contributed by atoms with van der Waals surface area (Å²) in [6, 6.07) is 0. The molecule has 2 rings (SSSR count). The SMILES string of the molecule is O=C(CCOCCC(=O)N1CCNCC1)Oc1c(F)c(F)c(F)c(F)c1F. The maximum Gasteiger partial charge on any atom is 0.313 e. The molecule has 11 heteroatoms. The molecule has 1 aromatic carbocycles. The Morgan fingerprint density at radius 2 is 1.37 bits per heavy atom. The molecule has 1 amide bonds. The van der Waals surface area contributed by atoms with Crippen molar-refractivity contribution in [1.29, 1.82) is 0 Å². The van der Waals surface area contributed by atoms with Crippen LogP contribution >= 0.6 is 0 Å². The molecule has 1 aliphatic rings. The van der Waals surface area contributed by atoms with E-state index < -0.39 is 47.2 Å². The minimum atomic E-state index is -2.35. The van der Waals surface area contributed by atoms with Crippen molar-refractivity contribution in [2.75, 3.05) is 39.4 Å². The molecule has 1 N–H and O–H groups in total. The summed E-state index contributed by atoms with van der Waals surface area (Å²) in [7, 11) is 0. The molecule has 6 nitrogen and oxygen atoms in total. The number of ether oxygens (including phenoxy) is 2. The van der Waals surface area contributed by atoms with Crippen LogP contribution in [0, 0.1) is 29.1 Å². The van der Waals surface area contributed by atoms with Crippen molar-refractivity contribution in [3.8, 4) is 5.75 Å². The summed E-state index contributed by atoms with van der Waals surface area (Å²) >= 11 is 0. The average Bonchev–Trinajstić information content (AvgIpc) is 2.68. The van der Waals surface area contributed by atoms with Crippen molar-refractivity contribution in [3.63, 3.8) is 0 Å². The molecule has 0 radical (unpaired) electrons. The lowest BCUT2D eigenvalue weighted by atomic mass is 10.2. The summed E-state index contributed by atoms with van der Waals surface area (Å²) in [6.45, 7) is 2.36. The minimum absolute atomic E-state index is 0.0125. The second-order valence-electron chi connectivity index (χ2n) is 5.62. The summed E-state index contributed by atoms with van der Waals surface area (Å²) in [5.74, 6) is -14.2. The zero-order chi connectivity index (χ0) is 20.0. The molecular weight excluding hydrogens is 379 g/mol. The second-order valence-corrected chi connectivity index (χ2v) is 5.62. The van der Waals surface area contributed by atoms with Gasteiger partial charge in [-0.05, 0) is 0 Å². The topological polar surface area (TPSA) is 67.9 Å². The zero-order valence-electron chi connectivity index (χ0n) is 14.1. The molecule has 0 aliphatic carbocycles. The van der Waals surface area contributed by atoms with Gasteiger partial charge in [0.05, 0.1) is 26.1 Å². The van der Waals surface area contributed by atoms with E-state index in [0.29, 0.717) is 26.2 Å². The van der Waals surface area contributed by atoms with Crippen molar-refractivity contribution in [2.24, 2.45) is 0 Å². The van der Waals surface area contributed by atoms with Gasteiger partial charge in [0.15, 0.2) is 0 Å². The van der Waals surface area contributed by atoms with Crippen molar-refractivity contribution in [1.82, 2.24) is 10.2 Å². The lowest BCUT2D eigenvalue weighted by molar-refractivity contribution is -0.136. The Balaban J connectivity index is 1.75. The Morgan fingerprint density at radius 1 is 0.852 bits per heavy atom. The van der Waals surface area contributed by atoms with Crippen LogP contribution in [0.3, 0.4) is 0 Å². The number of hydrogen-bond acceptors (Lipinski definition) is 5. The fourth-order valence-corrected chi connectivity index (χ4v) is 2.33. The van der Waals surface area contributed by atoms with Crippen LogP contribution in [0.25, 0.3) is 0 Å². The number of amides is 1. The van der Waals surface area contributed by atoms with E-state index in [1.165, 1.54) is 0 Å². The first-order valence-electron chi connectivity index (χ1n) is 8.11. The lowest BCUT2D eigenvalue weighted by Crippen LogP contribution is -2.46. The standard InChI is InChI=1S/C16H17F5N2O4/c17-11-12(18)14(20)16(15(21)13(11)19)27-10(25)2-8-26-7-1-9(24)23-5-3-22-4-6-23/h22H,1-8H2. The van der Waals surface area contributed by atoms with E-state index >= 15 is 0 Å². The van der Waals surface area contributed by atoms with Gasteiger partial charge in [0.25, 0.3) is 0 Å². The Hall–Kier alpha value is -2.27. The molecule has 1 fully saturated rings. The van der Waals surface area contributed by atoms with Crippen LogP contribution in [0.4, 0.5) is 22.0 Å². The maximum absolute atomic E-state index is 13.4. The van der Waals surface area contributed by atoms with Crippen LogP contribution < -0.4 is 10.1 Å². The highest BCUT2D eigenvalue weighted by molar-refractivity contribution is 5.76.